The number of carboxylic acids is 2. The number of aliphatic hydroxyl groups is 2. The molecule has 0 spiro atoms. The maximum atomic E-state index is 12.5. The number of aliphatic carboxylic acids is 2. The van der Waals surface area contributed by atoms with Gasteiger partial charge in [0.1, 0.15) is 12.7 Å². The molecule has 0 rings (SSSR count). The third-order valence-electron chi connectivity index (χ3n) is 6.82. The summed E-state index contributed by atoms with van der Waals surface area (Å²) in [7, 11) is 0. The molecule has 0 bridgehead atoms. The topological polar surface area (TPSA) is 194 Å². The molecule has 42 heavy (non-hydrogen) atoms. The number of carboxylic acid groups (broad SMARTS) is 2. The fourth-order valence-corrected chi connectivity index (χ4v) is 4.32. The van der Waals surface area contributed by atoms with Crippen LogP contribution in [0.1, 0.15) is 129 Å². The van der Waals surface area contributed by atoms with Crippen LogP contribution in [0.5, 0.6) is 0 Å². The molecular formula is C30H52O12. The van der Waals surface area contributed by atoms with E-state index in [-0.39, 0.29) is 6.42 Å². The van der Waals surface area contributed by atoms with E-state index in [4.69, 9.17) is 19.7 Å². The molecule has 0 radical (unpaired) electrons. The van der Waals surface area contributed by atoms with Crippen LogP contribution in [0.15, 0.2) is 0 Å². The Morgan fingerprint density at radius 3 is 1.62 bits per heavy atom. The minimum absolute atomic E-state index is 0.0502. The van der Waals surface area contributed by atoms with Gasteiger partial charge in [-0.2, -0.15) is 0 Å². The Labute approximate surface area is 249 Å². The van der Waals surface area contributed by atoms with Crippen LogP contribution >= 0.6 is 0 Å². The first-order chi connectivity index (χ1) is 20.0. The summed E-state index contributed by atoms with van der Waals surface area (Å²) >= 11 is 0. The van der Waals surface area contributed by atoms with E-state index in [2.05, 4.69) is 11.7 Å². The predicted octanol–water partition coefficient (Wildman–Crippen LogP) is 4.31. The molecule has 0 saturated heterocycles. The molecule has 0 aromatic rings. The normalized spacial score (nSPS) is 13.9. The summed E-state index contributed by atoms with van der Waals surface area (Å²) in [4.78, 5) is 59.9. The van der Waals surface area contributed by atoms with E-state index in [0.717, 1.165) is 32.6 Å². The summed E-state index contributed by atoms with van der Waals surface area (Å²) in [5.74, 6) is -6.91. The van der Waals surface area contributed by atoms with Crippen molar-refractivity contribution in [3.05, 3.63) is 0 Å². The van der Waals surface area contributed by atoms with Gasteiger partial charge >= 0.3 is 29.8 Å². The minimum atomic E-state index is -2.83. The maximum absolute atomic E-state index is 12.5. The SMILES string of the molecule is CCCCCCCCCCCCCCCCCC(=O)OC(C)C(=O)OC(CC(=O)O)(CC(=O)OCC(O)CO)C(=O)O. The third-order valence-corrected chi connectivity index (χ3v) is 6.82. The summed E-state index contributed by atoms with van der Waals surface area (Å²) in [6.07, 6.45) is 12.2. The summed E-state index contributed by atoms with van der Waals surface area (Å²) in [6.45, 7) is 1.96. The third kappa shape index (κ3) is 19.4. The molecule has 0 saturated carbocycles. The average molecular weight is 605 g/mol. The molecule has 0 aliphatic heterocycles. The van der Waals surface area contributed by atoms with Crippen LogP contribution in [-0.4, -0.2) is 81.3 Å². The molecule has 4 N–H and O–H groups in total. The molecule has 0 fully saturated rings. The first-order valence-electron chi connectivity index (χ1n) is 15.3. The van der Waals surface area contributed by atoms with E-state index >= 15 is 0 Å². The summed E-state index contributed by atoms with van der Waals surface area (Å²) < 4.78 is 14.6. The van der Waals surface area contributed by atoms with Gasteiger partial charge in [-0.15, -0.1) is 0 Å². The van der Waals surface area contributed by atoms with Gasteiger partial charge in [-0.3, -0.25) is 14.4 Å². The number of aliphatic hydroxyl groups excluding tert-OH is 2. The predicted molar refractivity (Wildman–Crippen MR) is 152 cm³/mol. The Bertz CT molecular complexity index is 799. The lowest BCUT2D eigenvalue weighted by Gasteiger charge is -2.28. The van der Waals surface area contributed by atoms with Crippen LogP contribution in [0.25, 0.3) is 0 Å². The molecule has 3 atom stereocenters. The Kier molecular flexibility index (Phi) is 22.2. The highest BCUT2D eigenvalue weighted by atomic mass is 16.6. The van der Waals surface area contributed by atoms with Crippen molar-refractivity contribution >= 4 is 29.8 Å². The largest absolute Gasteiger partial charge is 0.481 e. The summed E-state index contributed by atoms with van der Waals surface area (Å²) in [5, 5.41) is 36.8. The van der Waals surface area contributed by atoms with Gasteiger partial charge in [0.25, 0.3) is 0 Å². The number of carbonyl (C=O) groups is 5. The minimum Gasteiger partial charge on any atom is -0.481 e. The Balaban J connectivity index is 4.38. The van der Waals surface area contributed by atoms with Gasteiger partial charge in [0.05, 0.1) is 19.4 Å². The molecule has 12 nitrogen and oxygen atoms in total. The summed E-state index contributed by atoms with van der Waals surface area (Å²) in [6, 6.07) is 0. The Morgan fingerprint density at radius 2 is 1.19 bits per heavy atom. The van der Waals surface area contributed by atoms with Gasteiger partial charge in [0.2, 0.25) is 5.60 Å². The van der Waals surface area contributed by atoms with Gasteiger partial charge < -0.3 is 34.6 Å². The first-order valence-corrected chi connectivity index (χ1v) is 15.3. The maximum Gasteiger partial charge on any atom is 0.349 e. The fourth-order valence-electron chi connectivity index (χ4n) is 4.32. The highest BCUT2D eigenvalue weighted by Crippen LogP contribution is 2.24. The zero-order chi connectivity index (χ0) is 31.8. The quantitative estimate of drug-likeness (QED) is 0.0590. The van der Waals surface area contributed by atoms with E-state index in [0.29, 0.717) is 6.42 Å². The zero-order valence-electron chi connectivity index (χ0n) is 25.4. The van der Waals surface area contributed by atoms with Crippen LogP contribution in [0, 0.1) is 0 Å². The van der Waals surface area contributed by atoms with E-state index in [1.807, 2.05) is 0 Å². The lowest BCUT2D eigenvalue weighted by atomic mass is 9.95. The Hall–Kier alpha value is -2.73. The van der Waals surface area contributed by atoms with Crippen LogP contribution in [0.2, 0.25) is 0 Å². The molecule has 0 aliphatic carbocycles. The number of hydrogen-bond acceptors (Lipinski definition) is 10. The van der Waals surface area contributed by atoms with Gasteiger partial charge in [-0.05, 0) is 13.3 Å². The van der Waals surface area contributed by atoms with E-state index in [1.165, 1.54) is 64.2 Å². The van der Waals surface area contributed by atoms with Crippen molar-refractivity contribution in [1.82, 2.24) is 0 Å². The van der Waals surface area contributed by atoms with E-state index in [9.17, 15) is 34.2 Å². The van der Waals surface area contributed by atoms with Crippen molar-refractivity contribution in [2.75, 3.05) is 13.2 Å². The van der Waals surface area contributed by atoms with Crippen LogP contribution in [0.3, 0.4) is 0 Å². The van der Waals surface area contributed by atoms with Gasteiger partial charge in [0, 0.05) is 6.42 Å². The molecule has 244 valence electrons. The number of hydrogen-bond donors (Lipinski definition) is 4. The van der Waals surface area contributed by atoms with E-state index < -0.39 is 73.7 Å². The average Bonchev–Trinajstić information content (AvgIpc) is 2.93. The molecule has 0 aliphatic rings. The second kappa shape index (κ2) is 23.8. The monoisotopic (exact) mass is 604 g/mol. The van der Waals surface area contributed by atoms with Crippen LogP contribution in [-0.2, 0) is 38.2 Å². The van der Waals surface area contributed by atoms with Crippen molar-refractivity contribution in [2.24, 2.45) is 0 Å². The first kappa shape index (κ1) is 39.3. The molecule has 0 aromatic heterocycles. The van der Waals surface area contributed by atoms with Crippen molar-refractivity contribution in [3.63, 3.8) is 0 Å². The van der Waals surface area contributed by atoms with Gasteiger partial charge in [-0.25, -0.2) is 9.59 Å². The number of unbranched alkanes of at least 4 members (excludes halogenated alkanes) is 14. The molecule has 0 heterocycles. The van der Waals surface area contributed by atoms with Crippen molar-refractivity contribution in [3.8, 4) is 0 Å². The second-order valence-electron chi connectivity index (χ2n) is 10.8. The van der Waals surface area contributed by atoms with Gasteiger partial charge in [0.15, 0.2) is 6.10 Å². The van der Waals surface area contributed by atoms with Crippen molar-refractivity contribution in [1.29, 1.82) is 0 Å². The highest BCUT2D eigenvalue weighted by molar-refractivity contribution is 5.92. The standard InChI is InChI=1S/C30H52O12/c1-3-4-5-6-7-8-9-10-11-12-13-14-15-16-17-18-26(35)41-23(2)28(37)42-30(29(38)39,19-25(33)34)20-27(36)40-22-24(32)21-31/h23-24,31-32H,3-22H2,1-2H3,(H,33,34)(H,38,39). The smallest absolute Gasteiger partial charge is 0.349 e. The molecule has 0 amide bonds. The molecule has 3 unspecified atom stereocenters. The molecule has 0 aromatic carbocycles. The zero-order valence-corrected chi connectivity index (χ0v) is 25.4. The summed E-state index contributed by atoms with van der Waals surface area (Å²) in [5.41, 5.74) is -2.83. The number of carbonyl (C=O) groups excluding carboxylic acids is 3. The number of ether oxygens (including phenoxy) is 3. The second-order valence-corrected chi connectivity index (χ2v) is 10.8. The van der Waals surface area contributed by atoms with Crippen LogP contribution in [0.4, 0.5) is 0 Å². The van der Waals surface area contributed by atoms with Crippen molar-refractivity contribution in [2.45, 2.75) is 147 Å². The molecular weight excluding hydrogens is 552 g/mol. The molecule has 12 heteroatoms. The lowest BCUT2D eigenvalue weighted by Crippen LogP contribution is -2.49. The number of rotatable bonds is 27. The lowest BCUT2D eigenvalue weighted by molar-refractivity contribution is -0.194. The highest BCUT2D eigenvalue weighted by Gasteiger charge is 2.48. The number of esters is 3. The van der Waals surface area contributed by atoms with E-state index in [1.54, 1.807) is 0 Å². The van der Waals surface area contributed by atoms with Crippen molar-refractivity contribution < 1.29 is 58.6 Å². The van der Waals surface area contributed by atoms with Gasteiger partial charge in [-0.1, -0.05) is 96.8 Å². The van der Waals surface area contributed by atoms with Crippen LogP contribution < -0.4 is 0 Å². The Morgan fingerprint density at radius 1 is 0.714 bits per heavy atom. The fraction of sp³-hybridized carbons (Fsp3) is 0.833.